The smallest absolute Gasteiger partial charge is 0.219 e. The van der Waals surface area contributed by atoms with Gasteiger partial charge in [-0.15, -0.1) is 10.2 Å². The van der Waals surface area contributed by atoms with E-state index in [1.807, 2.05) is 19.1 Å². The lowest BCUT2D eigenvalue weighted by molar-refractivity contribution is 0.278. The van der Waals surface area contributed by atoms with Gasteiger partial charge < -0.3 is 14.3 Å². The molecule has 102 valence electrons. The van der Waals surface area contributed by atoms with Gasteiger partial charge in [-0.2, -0.15) is 0 Å². The van der Waals surface area contributed by atoms with E-state index in [2.05, 4.69) is 10.2 Å². The zero-order chi connectivity index (χ0) is 13.7. The molecule has 5 nitrogen and oxygen atoms in total. The van der Waals surface area contributed by atoms with Gasteiger partial charge in [0.2, 0.25) is 11.8 Å². The third kappa shape index (κ3) is 3.94. The largest absolute Gasteiger partial charge is 0.491 e. The standard InChI is InChI=1S/C13H15ClN2O3/c1-9-2-3-10(14)11(8-9)18-7-5-13-16-15-12(19-13)4-6-17/h2-3,8,17H,4-7H2,1H3. The van der Waals surface area contributed by atoms with Crippen LogP contribution in [-0.4, -0.2) is 28.5 Å². The highest BCUT2D eigenvalue weighted by Gasteiger charge is 2.07. The Kier molecular flexibility index (Phi) is 4.76. The van der Waals surface area contributed by atoms with Crippen molar-refractivity contribution in [3.05, 3.63) is 40.6 Å². The highest BCUT2D eigenvalue weighted by atomic mass is 35.5. The van der Waals surface area contributed by atoms with Crippen molar-refractivity contribution in [1.29, 1.82) is 0 Å². The molecule has 6 heteroatoms. The minimum atomic E-state index is -0.00294. The fraction of sp³-hybridized carbons (Fsp3) is 0.385. The van der Waals surface area contributed by atoms with Crippen molar-refractivity contribution in [2.75, 3.05) is 13.2 Å². The molecule has 0 saturated carbocycles. The minimum absolute atomic E-state index is 0.00294. The average Bonchev–Trinajstić information content (AvgIpc) is 2.82. The number of aliphatic hydroxyl groups is 1. The quantitative estimate of drug-likeness (QED) is 0.879. The van der Waals surface area contributed by atoms with Gasteiger partial charge in [-0.3, -0.25) is 0 Å². The molecule has 0 amide bonds. The zero-order valence-corrected chi connectivity index (χ0v) is 11.4. The van der Waals surface area contributed by atoms with Crippen LogP contribution >= 0.6 is 11.6 Å². The zero-order valence-electron chi connectivity index (χ0n) is 10.6. The number of aliphatic hydroxyl groups excluding tert-OH is 1. The summed E-state index contributed by atoms with van der Waals surface area (Å²) >= 11 is 6.02. The van der Waals surface area contributed by atoms with Crippen molar-refractivity contribution in [1.82, 2.24) is 10.2 Å². The van der Waals surface area contributed by atoms with E-state index in [-0.39, 0.29) is 6.61 Å². The lowest BCUT2D eigenvalue weighted by Crippen LogP contribution is -2.02. The van der Waals surface area contributed by atoms with Crippen LogP contribution in [0.15, 0.2) is 22.6 Å². The molecule has 2 rings (SSSR count). The van der Waals surface area contributed by atoms with Crippen molar-refractivity contribution in [3.8, 4) is 5.75 Å². The van der Waals surface area contributed by atoms with Gasteiger partial charge in [0.1, 0.15) is 5.75 Å². The van der Waals surface area contributed by atoms with Crippen molar-refractivity contribution in [3.63, 3.8) is 0 Å². The van der Waals surface area contributed by atoms with Crippen LogP contribution in [0.2, 0.25) is 5.02 Å². The molecule has 0 fully saturated rings. The third-order valence-corrected chi connectivity index (χ3v) is 2.81. The summed E-state index contributed by atoms with van der Waals surface area (Å²) in [4.78, 5) is 0. The Morgan fingerprint density at radius 1 is 1.26 bits per heavy atom. The maximum absolute atomic E-state index is 8.74. The molecular weight excluding hydrogens is 268 g/mol. The summed E-state index contributed by atoms with van der Waals surface area (Å²) in [5.41, 5.74) is 1.09. The number of aromatic nitrogens is 2. The highest BCUT2D eigenvalue weighted by molar-refractivity contribution is 6.32. The monoisotopic (exact) mass is 282 g/mol. The number of halogens is 1. The van der Waals surface area contributed by atoms with Gasteiger partial charge >= 0.3 is 0 Å². The lowest BCUT2D eigenvalue weighted by Gasteiger charge is -2.07. The lowest BCUT2D eigenvalue weighted by atomic mass is 10.2. The second kappa shape index (κ2) is 6.54. The van der Waals surface area contributed by atoms with E-state index in [4.69, 9.17) is 25.9 Å². The Morgan fingerprint density at radius 2 is 2.00 bits per heavy atom. The summed E-state index contributed by atoms with van der Waals surface area (Å²) in [6.45, 7) is 2.38. The van der Waals surface area contributed by atoms with Gasteiger partial charge in [-0.25, -0.2) is 0 Å². The summed E-state index contributed by atoms with van der Waals surface area (Å²) in [7, 11) is 0. The Balaban J connectivity index is 1.87. The SMILES string of the molecule is Cc1ccc(Cl)c(OCCc2nnc(CCO)o2)c1. The van der Waals surface area contributed by atoms with Crippen LogP contribution in [0, 0.1) is 6.92 Å². The summed E-state index contributed by atoms with van der Waals surface area (Å²) < 4.78 is 10.9. The predicted molar refractivity (Wildman–Crippen MR) is 70.5 cm³/mol. The molecule has 2 aromatic rings. The van der Waals surface area contributed by atoms with Gasteiger partial charge in [0.05, 0.1) is 24.7 Å². The fourth-order valence-electron chi connectivity index (χ4n) is 1.56. The summed E-state index contributed by atoms with van der Waals surface area (Å²) in [6, 6.07) is 5.61. The Hall–Kier alpha value is -1.59. The molecule has 0 saturated heterocycles. The third-order valence-electron chi connectivity index (χ3n) is 2.49. The first-order valence-electron chi connectivity index (χ1n) is 6.00. The van der Waals surface area contributed by atoms with Crippen molar-refractivity contribution < 1.29 is 14.3 Å². The number of nitrogens with zero attached hydrogens (tertiary/aromatic N) is 2. The number of rotatable bonds is 6. The minimum Gasteiger partial charge on any atom is -0.491 e. The Labute approximate surface area is 116 Å². The van der Waals surface area contributed by atoms with E-state index in [0.717, 1.165) is 5.56 Å². The van der Waals surface area contributed by atoms with Crippen molar-refractivity contribution in [2.45, 2.75) is 19.8 Å². The van der Waals surface area contributed by atoms with Crippen LogP contribution in [0.3, 0.4) is 0 Å². The first kappa shape index (κ1) is 13.8. The molecule has 0 aliphatic rings. The molecule has 0 aliphatic carbocycles. The van der Waals surface area contributed by atoms with Gasteiger partial charge in [-0.05, 0) is 24.6 Å². The average molecular weight is 283 g/mol. The van der Waals surface area contributed by atoms with Crippen LogP contribution in [0.1, 0.15) is 17.3 Å². The van der Waals surface area contributed by atoms with Gasteiger partial charge in [0.25, 0.3) is 0 Å². The first-order valence-corrected chi connectivity index (χ1v) is 6.38. The molecule has 1 heterocycles. The molecule has 1 aromatic heterocycles. The van der Waals surface area contributed by atoms with E-state index >= 15 is 0 Å². The first-order chi connectivity index (χ1) is 9.19. The Morgan fingerprint density at radius 3 is 2.74 bits per heavy atom. The van der Waals surface area contributed by atoms with Crippen molar-refractivity contribution >= 4 is 11.6 Å². The maximum Gasteiger partial charge on any atom is 0.219 e. The predicted octanol–water partition coefficient (Wildman–Crippen LogP) is 2.19. The van der Waals surface area contributed by atoms with Gasteiger partial charge in [0, 0.05) is 6.42 Å². The van der Waals surface area contributed by atoms with Crippen molar-refractivity contribution in [2.24, 2.45) is 0 Å². The molecular formula is C13H15ClN2O3. The summed E-state index contributed by atoms with van der Waals surface area (Å²) in [5, 5.41) is 17.0. The summed E-state index contributed by atoms with van der Waals surface area (Å²) in [6.07, 6.45) is 0.875. The number of hydrogen-bond acceptors (Lipinski definition) is 5. The Bertz CT molecular complexity index is 542. The molecule has 0 aliphatic heterocycles. The van der Waals surface area contributed by atoms with Crippen LogP contribution in [-0.2, 0) is 12.8 Å². The van der Waals surface area contributed by atoms with Crippen LogP contribution in [0.5, 0.6) is 5.75 Å². The molecule has 0 spiro atoms. The molecule has 0 bridgehead atoms. The van der Waals surface area contributed by atoms with E-state index in [9.17, 15) is 0 Å². The second-order valence-corrected chi connectivity index (χ2v) is 4.50. The van der Waals surface area contributed by atoms with E-state index in [1.165, 1.54) is 0 Å². The van der Waals surface area contributed by atoms with E-state index < -0.39 is 0 Å². The maximum atomic E-state index is 8.74. The van der Waals surface area contributed by atoms with Gasteiger partial charge in [0.15, 0.2) is 0 Å². The van der Waals surface area contributed by atoms with Crippen LogP contribution in [0.25, 0.3) is 0 Å². The van der Waals surface area contributed by atoms with Crippen LogP contribution in [0.4, 0.5) is 0 Å². The number of aryl methyl sites for hydroxylation is 1. The second-order valence-electron chi connectivity index (χ2n) is 4.10. The molecule has 0 atom stereocenters. The normalized spacial score (nSPS) is 10.7. The van der Waals surface area contributed by atoms with Gasteiger partial charge in [-0.1, -0.05) is 17.7 Å². The van der Waals surface area contributed by atoms with Crippen LogP contribution < -0.4 is 4.74 Å². The fourth-order valence-corrected chi connectivity index (χ4v) is 1.73. The highest BCUT2D eigenvalue weighted by Crippen LogP contribution is 2.25. The van der Waals surface area contributed by atoms with E-state index in [1.54, 1.807) is 6.07 Å². The number of benzene rings is 1. The van der Waals surface area contributed by atoms with E-state index in [0.29, 0.717) is 42.0 Å². The molecule has 1 aromatic carbocycles. The molecule has 1 N–H and O–H groups in total. The summed E-state index contributed by atoms with van der Waals surface area (Å²) in [5.74, 6) is 1.58. The number of ether oxygens (including phenoxy) is 1. The molecule has 0 unspecified atom stereocenters. The topological polar surface area (TPSA) is 68.4 Å². The molecule has 0 radical (unpaired) electrons. The number of hydrogen-bond donors (Lipinski definition) is 1. The molecule has 19 heavy (non-hydrogen) atoms.